The van der Waals surface area contributed by atoms with Gasteiger partial charge < -0.3 is 11.2 Å². The van der Waals surface area contributed by atoms with Gasteiger partial charge in [-0.1, -0.05) is 41.6 Å². The maximum Gasteiger partial charge on any atom is 0.234 e. The van der Waals surface area contributed by atoms with Gasteiger partial charge in [-0.2, -0.15) is 0 Å². The fraction of sp³-hybridized carbons (Fsp3) is 0.167. The van der Waals surface area contributed by atoms with Crippen molar-refractivity contribution in [2.24, 2.45) is 0 Å². The molecule has 3 aromatic rings. The first-order valence-electron chi connectivity index (χ1n) is 7.91. The molecule has 3 rings (SSSR count). The van der Waals surface area contributed by atoms with Crippen LogP contribution in [-0.2, 0) is 4.79 Å². The van der Waals surface area contributed by atoms with Crippen LogP contribution in [0.4, 0.5) is 10.1 Å². The molecule has 26 heavy (non-hydrogen) atoms. The molecule has 134 valence electrons. The highest BCUT2D eigenvalue weighted by Crippen LogP contribution is 2.24. The zero-order valence-corrected chi connectivity index (χ0v) is 15.2. The highest BCUT2D eigenvalue weighted by Gasteiger charge is 2.16. The number of nitrogens with zero attached hydrogens (tertiary/aromatic N) is 3. The van der Waals surface area contributed by atoms with Crippen molar-refractivity contribution in [3.63, 3.8) is 0 Å². The Labute approximate surface area is 154 Å². The molecule has 0 unspecified atom stereocenters. The van der Waals surface area contributed by atoms with Gasteiger partial charge in [0.05, 0.1) is 11.3 Å². The predicted octanol–water partition coefficient (Wildman–Crippen LogP) is 3.15. The number of aryl methyl sites for hydroxylation is 2. The number of amides is 1. The van der Waals surface area contributed by atoms with Crippen molar-refractivity contribution in [1.82, 2.24) is 14.9 Å². The molecular weight excluding hydrogens is 353 g/mol. The van der Waals surface area contributed by atoms with E-state index in [2.05, 4.69) is 15.5 Å². The van der Waals surface area contributed by atoms with Gasteiger partial charge in [-0.15, -0.1) is 10.2 Å². The minimum atomic E-state index is -0.435. The Morgan fingerprint density at radius 3 is 2.73 bits per heavy atom. The fourth-order valence-corrected chi connectivity index (χ4v) is 3.13. The van der Waals surface area contributed by atoms with E-state index in [1.165, 1.54) is 10.7 Å². The molecule has 1 aromatic heterocycles. The summed E-state index contributed by atoms with van der Waals surface area (Å²) in [5.41, 5.74) is 3.15. The van der Waals surface area contributed by atoms with E-state index in [-0.39, 0.29) is 23.0 Å². The van der Waals surface area contributed by atoms with E-state index in [0.29, 0.717) is 5.16 Å². The van der Waals surface area contributed by atoms with Crippen LogP contribution < -0.4 is 11.2 Å². The van der Waals surface area contributed by atoms with Crippen molar-refractivity contribution >= 4 is 23.4 Å². The minimum Gasteiger partial charge on any atom is -0.335 e. The van der Waals surface area contributed by atoms with E-state index in [9.17, 15) is 9.18 Å². The summed E-state index contributed by atoms with van der Waals surface area (Å²) in [7, 11) is 0. The van der Waals surface area contributed by atoms with Crippen molar-refractivity contribution in [3.8, 4) is 11.4 Å². The number of halogens is 1. The Hall–Kier alpha value is -2.87. The number of thioether (sulfide) groups is 1. The Morgan fingerprint density at radius 1 is 1.23 bits per heavy atom. The smallest absolute Gasteiger partial charge is 0.234 e. The van der Waals surface area contributed by atoms with Crippen LogP contribution in [0.2, 0.25) is 0 Å². The largest absolute Gasteiger partial charge is 0.335 e. The topological polar surface area (TPSA) is 85.8 Å². The van der Waals surface area contributed by atoms with E-state index < -0.39 is 5.82 Å². The van der Waals surface area contributed by atoms with Gasteiger partial charge in [-0.3, -0.25) is 4.79 Å². The summed E-state index contributed by atoms with van der Waals surface area (Å²) in [6.07, 6.45) is 0. The lowest BCUT2D eigenvalue weighted by atomic mass is 10.1. The molecule has 3 N–H and O–H groups in total. The van der Waals surface area contributed by atoms with Gasteiger partial charge in [-0.05, 0) is 37.6 Å². The number of nitrogens with one attached hydrogen (secondary N) is 1. The molecule has 0 saturated carbocycles. The van der Waals surface area contributed by atoms with Gasteiger partial charge in [0.1, 0.15) is 5.82 Å². The van der Waals surface area contributed by atoms with Crippen LogP contribution in [0.5, 0.6) is 0 Å². The first kappa shape index (κ1) is 17.9. The summed E-state index contributed by atoms with van der Waals surface area (Å²) in [5.74, 6) is 5.66. The number of carbonyl (C=O) groups is 1. The maximum atomic E-state index is 13.9. The Kier molecular flexibility index (Phi) is 5.22. The lowest BCUT2D eigenvalue weighted by molar-refractivity contribution is -0.113. The Bertz CT molecular complexity index is 957. The van der Waals surface area contributed by atoms with Crippen LogP contribution in [0, 0.1) is 19.7 Å². The zero-order chi connectivity index (χ0) is 18.7. The molecule has 6 nitrogen and oxygen atoms in total. The molecule has 1 amide bonds. The summed E-state index contributed by atoms with van der Waals surface area (Å²) in [6.45, 7) is 3.93. The molecule has 0 saturated heterocycles. The van der Waals surface area contributed by atoms with E-state index in [4.69, 9.17) is 5.84 Å². The summed E-state index contributed by atoms with van der Waals surface area (Å²) in [5, 5.41) is 11.1. The Morgan fingerprint density at radius 2 is 2.00 bits per heavy atom. The zero-order valence-electron chi connectivity index (χ0n) is 14.4. The van der Waals surface area contributed by atoms with Crippen LogP contribution in [0.1, 0.15) is 11.1 Å². The van der Waals surface area contributed by atoms with E-state index in [1.807, 2.05) is 32.0 Å². The number of nitrogens with two attached hydrogens (primary N) is 1. The number of hydrogen-bond acceptors (Lipinski definition) is 5. The van der Waals surface area contributed by atoms with Crippen molar-refractivity contribution in [1.29, 1.82) is 0 Å². The third-order valence-electron chi connectivity index (χ3n) is 3.77. The number of anilines is 1. The monoisotopic (exact) mass is 371 g/mol. The maximum absolute atomic E-state index is 13.9. The number of nitrogen functional groups attached to an aromatic ring is 1. The molecule has 0 atom stereocenters. The number of hydrogen-bond donors (Lipinski definition) is 2. The molecule has 2 aromatic carbocycles. The lowest BCUT2D eigenvalue weighted by Crippen LogP contribution is -2.17. The van der Waals surface area contributed by atoms with Crippen molar-refractivity contribution in [3.05, 3.63) is 59.4 Å². The van der Waals surface area contributed by atoms with Crippen molar-refractivity contribution in [2.45, 2.75) is 19.0 Å². The van der Waals surface area contributed by atoms with E-state index in [0.717, 1.165) is 28.6 Å². The van der Waals surface area contributed by atoms with Gasteiger partial charge in [0, 0.05) is 5.69 Å². The number of carbonyl (C=O) groups excluding carboxylic acids is 1. The third-order valence-corrected chi connectivity index (χ3v) is 4.71. The van der Waals surface area contributed by atoms with Gasteiger partial charge in [0.15, 0.2) is 5.82 Å². The summed E-state index contributed by atoms with van der Waals surface area (Å²) in [4.78, 5) is 12.2. The van der Waals surface area contributed by atoms with Crippen molar-refractivity contribution < 1.29 is 9.18 Å². The van der Waals surface area contributed by atoms with Crippen LogP contribution in [0.15, 0.2) is 47.6 Å². The molecule has 0 radical (unpaired) electrons. The van der Waals surface area contributed by atoms with E-state index in [1.54, 1.807) is 18.2 Å². The molecule has 0 bridgehead atoms. The molecular formula is C18H18FN5OS. The standard InChI is InChI=1S/C18H18FN5OS/c1-11-7-8-15(12(2)9-11)21-16(25)10-26-18-23-22-17(24(18)20)13-5-3-4-6-14(13)19/h3-9H,10,20H2,1-2H3,(H,21,25). The second kappa shape index (κ2) is 7.57. The van der Waals surface area contributed by atoms with Gasteiger partial charge >= 0.3 is 0 Å². The molecule has 0 aliphatic rings. The second-order valence-corrected chi connectivity index (χ2v) is 6.75. The lowest BCUT2D eigenvalue weighted by Gasteiger charge is -2.09. The molecule has 0 spiro atoms. The fourth-order valence-electron chi connectivity index (χ4n) is 2.47. The highest BCUT2D eigenvalue weighted by molar-refractivity contribution is 7.99. The Balaban J connectivity index is 1.67. The van der Waals surface area contributed by atoms with Crippen LogP contribution in [0.3, 0.4) is 0 Å². The first-order chi connectivity index (χ1) is 12.5. The summed E-state index contributed by atoms with van der Waals surface area (Å²) >= 11 is 1.13. The molecule has 0 aliphatic heterocycles. The number of benzene rings is 2. The van der Waals surface area contributed by atoms with Gasteiger partial charge in [0.25, 0.3) is 0 Å². The van der Waals surface area contributed by atoms with Gasteiger partial charge in [0.2, 0.25) is 11.1 Å². The predicted molar refractivity (Wildman–Crippen MR) is 101 cm³/mol. The molecule has 0 fully saturated rings. The van der Waals surface area contributed by atoms with Crippen LogP contribution >= 0.6 is 11.8 Å². The quantitative estimate of drug-likeness (QED) is 0.532. The molecule has 1 heterocycles. The number of aromatic nitrogens is 3. The molecule has 0 aliphatic carbocycles. The van der Waals surface area contributed by atoms with Crippen molar-refractivity contribution in [2.75, 3.05) is 16.9 Å². The normalized spacial score (nSPS) is 10.7. The van der Waals surface area contributed by atoms with Crippen LogP contribution in [-0.4, -0.2) is 26.5 Å². The van der Waals surface area contributed by atoms with Gasteiger partial charge in [-0.25, -0.2) is 9.07 Å². The summed E-state index contributed by atoms with van der Waals surface area (Å²) < 4.78 is 15.1. The first-order valence-corrected chi connectivity index (χ1v) is 8.89. The molecule has 8 heteroatoms. The highest BCUT2D eigenvalue weighted by atomic mass is 32.2. The second-order valence-electron chi connectivity index (χ2n) is 5.81. The van der Waals surface area contributed by atoms with Crippen LogP contribution in [0.25, 0.3) is 11.4 Å². The SMILES string of the molecule is Cc1ccc(NC(=O)CSc2nnc(-c3ccccc3F)n2N)c(C)c1. The summed E-state index contributed by atoms with van der Waals surface area (Å²) in [6, 6.07) is 12.0. The van der Waals surface area contributed by atoms with E-state index >= 15 is 0 Å². The number of rotatable bonds is 5. The third kappa shape index (κ3) is 3.85. The minimum absolute atomic E-state index is 0.111. The average Bonchev–Trinajstić information content (AvgIpc) is 2.97. The average molecular weight is 371 g/mol.